The first-order valence-corrected chi connectivity index (χ1v) is 12.9. The van der Waals surface area contributed by atoms with Crippen LogP contribution in [0.4, 0.5) is 10.8 Å². The average molecular weight is 545 g/mol. The van der Waals surface area contributed by atoms with E-state index >= 15 is 0 Å². The summed E-state index contributed by atoms with van der Waals surface area (Å²) in [6.07, 6.45) is 0.742. The van der Waals surface area contributed by atoms with E-state index in [1.54, 1.807) is 55.6 Å². The van der Waals surface area contributed by atoms with Crippen molar-refractivity contribution in [3.05, 3.63) is 59.4 Å². The molecule has 0 aliphatic carbocycles. The molecule has 36 heavy (non-hydrogen) atoms. The van der Waals surface area contributed by atoms with E-state index in [0.29, 0.717) is 44.1 Å². The largest absolute Gasteiger partial charge is 0.497 e. The van der Waals surface area contributed by atoms with Gasteiger partial charge in [-0.2, -0.15) is 4.98 Å². The molecule has 0 radical (unpaired) electrons. The van der Waals surface area contributed by atoms with Gasteiger partial charge in [0.2, 0.25) is 28.7 Å². The third kappa shape index (κ3) is 7.51. The van der Waals surface area contributed by atoms with Gasteiger partial charge in [-0.15, -0.1) is 10.2 Å². The highest BCUT2D eigenvalue weighted by Gasteiger charge is 2.13. The molecule has 0 aliphatic heterocycles. The van der Waals surface area contributed by atoms with Gasteiger partial charge < -0.3 is 19.9 Å². The lowest BCUT2D eigenvalue weighted by atomic mass is 10.2. The van der Waals surface area contributed by atoms with Crippen molar-refractivity contribution in [1.29, 1.82) is 0 Å². The number of nitrogens with zero attached hydrogens (tertiary/aromatic N) is 4. The Morgan fingerprint density at radius 3 is 2.53 bits per heavy atom. The molecule has 0 saturated heterocycles. The first-order valence-electron chi connectivity index (χ1n) is 10.8. The number of ether oxygens (including phenoxy) is 1. The molecule has 2 aromatic carbocycles. The summed E-state index contributed by atoms with van der Waals surface area (Å²) in [4.78, 5) is 28.7. The van der Waals surface area contributed by atoms with Crippen LogP contribution in [0.3, 0.4) is 0 Å². The standard InChI is InChI=1S/C23H21ClN6O4S2/c1-33-17-8-6-16(7-9-17)25-19(32)12-13-35-23-29-28-22(36-23)26-18(31)10-11-20-27-21(30-34-20)14-2-4-15(24)5-3-14/h2-9H,10-13H2,1H3,(H,25,32)(H,26,28,31). The summed E-state index contributed by atoms with van der Waals surface area (Å²) >= 11 is 8.53. The highest BCUT2D eigenvalue weighted by atomic mass is 35.5. The van der Waals surface area contributed by atoms with Crippen LogP contribution in [0.2, 0.25) is 5.02 Å². The molecule has 13 heteroatoms. The number of aryl methyl sites for hydroxylation is 1. The lowest BCUT2D eigenvalue weighted by Crippen LogP contribution is -2.12. The monoisotopic (exact) mass is 544 g/mol. The van der Waals surface area contributed by atoms with Gasteiger partial charge in [-0.3, -0.25) is 9.59 Å². The van der Waals surface area contributed by atoms with Gasteiger partial charge in [0, 0.05) is 41.3 Å². The molecule has 2 aromatic heterocycles. The summed E-state index contributed by atoms with van der Waals surface area (Å²) in [6, 6.07) is 14.2. The van der Waals surface area contributed by atoms with Crippen molar-refractivity contribution in [3.63, 3.8) is 0 Å². The lowest BCUT2D eigenvalue weighted by molar-refractivity contribution is -0.116. The number of methoxy groups -OCH3 is 1. The number of hydrogen-bond donors (Lipinski definition) is 2. The average Bonchev–Trinajstić information content (AvgIpc) is 3.53. The second-order valence-electron chi connectivity index (χ2n) is 7.32. The maximum Gasteiger partial charge on any atom is 0.227 e. The number of carbonyl (C=O) groups excluding carboxylic acids is 2. The molecule has 10 nitrogen and oxygen atoms in total. The first kappa shape index (κ1) is 25.6. The van der Waals surface area contributed by atoms with E-state index in [2.05, 4.69) is 31.0 Å². The SMILES string of the molecule is COc1ccc(NC(=O)CCSc2nnc(NC(=O)CCc3nc(-c4ccc(Cl)cc4)no3)s2)cc1. The summed E-state index contributed by atoms with van der Waals surface area (Å²) < 4.78 is 11.0. The van der Waals surface area contributed by atoms with Crippen molar-refractivity contribution < 1.29 is 18.8 Å². The Morgan fingerprint density at radius 1 is 1.03 bits per heavy atom. The van der Waals surface area contributed by atoms with Crippen molar-refractivity contribution in [2.75, 3.05) is 23.5 Å². The van der Waals surface area contributed by atoms with Crippen LogP contribution in [0.5, 0.6) is 5.75 Å². The van der Waals surface area contributed by atoms with Gasteiger partial charge in [0.05, 0.1) is 7.11 Å². The van der Waals surface area contributed by atoms with Crippen molar-refractivity contribution >= 4 is 57.3 Å². The van der Waals surface area contributed by atoms with Gasteiger partial charge in [-0.1, -0.05) is 39.9 Å². The Hall–Kier alpha value is -3.48. The minimum absolute atomic E-state index is 0.106. The van der Waals surface area contributed by atoms with Crippen molar-refractivity contribution in [3.8, 4) is 17.1 Å². The zero-order chi connectivity index (χ0) is 25.3. The van der Waals surface area contributed by atoms with Crippen LogP contribution in [-0.4, -0.2) is 45.0 Å². The van der Waals surface area contributed by atoms with Crippen LogP contribution in [0, 0.1) is 0 Å². The van der Waals surface area contributed by atoms with Gasteiger partial charge in [0.1, 0.15) is 5.75 Å². The fourth-order valence-electron chi connectivity index (χ4n) is 2.92. The molecule has 2 N–H and O–H groups in total. The molecular formula is C23H21ClN6O4S2. The van der Waals surface area contributed by atoms with Crippen LogP contribution < -0.4 is 15.4 Å². The van der Waals surface area contributed by atoms with E-state index in [-0.39, 0.29) is 24.7 Å². The minimum Gasteiger partial charge on any atom is -0.497 e. The van der Waals surface area contributed by atoms with Gasteiger partial charge in [-0.05, 0) is 48.5 Å². The molecule has 4 rings (SSSR count). The molecule has 186 valence electrons. The fraction of sp³-hybridized carbons (Fsp3) is 0.217. The number of carbonyl (C=O) groups is 2. The maximum atomic E-state index is 12.3. The third-order valence-corrected chi connectivity index (χ3v) is 6.94. The van der Waals surface area contributed by atoms with Crippen molar-refractivity contribution in [2.24, 2.45) is 0 Å². The van der Waals surface area contributed by atoms with Crippen molar-refractivity contribution in [1.82, 2.24) is 20.3 Å². The van der Waals surface area contributed by atoms with Gasteiger partial charge >= 0.3 is 0 Å². The van der Waals surface area contributed by atoms with Crippen molar-refractivity contribution in [2.45, 2.75) is 23.6 Å². The minimum atomic E-state index is -0.243. The van der Waals surface area contributed by atoms with E-state index in [1.807, 2.05) is 0 Å². The lowest BCUT2D eigenvalue weighted by Gasteiger charge is -2.05. The van der Waals surface area contributed by atoms with Crippen LogP contribution >= 0.6 is 34.7 Å². The normalized spacial score (nSPS) is 10.7. The van der Waals surface area contributed by atoms with Gasteiger partial charge in [0.15, 0.2) is 4.34 Å². The number of thioether (sulfide) groups is 1. The molecule has 0 aliphatic rings. The van der Waals surface area contributed by atoms with Crippen LogP contribution in [0.15, 0.2) is 57.4 Å². The molecule has 0 bridgehead atoms. The molecule has 2 heterocycles. The van der Waals surface area contributed by atoms with E-state index in [0.717, 1.165) is 11.3 Å². The summed E-state index contributed by atoms with van der Waals surface area (Å²) in [5.41, 5.74) is 1.48. The van der Waals surface area contributed by atoms with E-state index in [1.165, 1.54) is 23.1 Å². The molecule has 0 saturated carbocycles. The molecule has 0 fully saturated rings. The quantitative estimate of drug-likeness (QED) is 0.199. The number of nitrogens with one attached hydrogen (secondary N) is 2. The Kier molecular flexibility index (Phi) is 8.87. The van der Waals surface area contributed by atoms with Crippen LogP contribution in [0.25, 0.3) is 11.4 Å². The second-order valence-corrected chi connectivity index (χ2v) is 10.1. The summed E-state index contributed by atoms with van der Waals surface area (Å²) in [5, 5.41) is 18.5. The fourth-order valence-corrected chi connectivity index (χ4v) is 4.83. The Morgan fingerprint density at radius 2 is 1.78 bits per heavy atom. The Bertz CT molecular complexity index is 1310. The molecule has 4 aromatic rings. The number of amides is 2. The summed E-state index contributed by atoms with van der Waals surface area (Å²) in [5.74, 6) is 1.69. The Labute approximate surface area is 219 Å². The molecule has 0 atom stereocenters. The summed E-state index contributed by atoms with van der Waals surface area (Å²) in [7, 11) is 1.59. The first-order chi connectivity index (χ1) is 17.5. The highest BCUT2D eigenvalue weighted by molar-refractivity contribution is 8.01. The smallest absolute Gasteiger partial charge is 0.227 e. The number of anilines is 2. The van der Waals surface area contributed by atoms with Crippen LogP contribution in [0.1, 0.15) is 18.7 Å². The number of hydrogen-bond acceptors (Lipinski definition) is 10. The number of benzene rings is 2. The maximum absolute atomic E-state index is 12.3. The number of halogens is 1. The predicted octanol–water partition coefficient (Wildman–Crippen LogP) is 4.94. The van der Waals surface area contributed by atoms with Gasteiger partial charge in [0.25, 0.3) is 0 Å². The van der Waals surface area contributed by atoms with E-state index < -0.39 is 0 Å². The molecule has 0 spiro atoms. The number of aromatic nitrogens is 4. The third-order valence-electron chi connectivity index (χ3n) is 4.72. The molecular weight excluding hydrogens is 524 g/mol. The van der Waals surface area contributed by atoms with Crippen LogP contribution in [-0.2, 0) is 16.0 Å². The number of rotatable bonds is 11. The van der Waals surface area contributed by atoms with E-state index in [4.69, 9.17) is 20.9 Å². The predicted molar refractivity (Wildman–Crippen MR) is 139 cm³/mol. The Balaban J connectivity index is 1.17. The second kappa shape index (κ2) is 12.5. The zero-order valence-electron chi connectivity index (χ0n) is 19.1. The van der Waals surface area contributed by atoms with Gasteiger partial charge in [-0.25, -0.2) is 0 Å². The molecule has 2 amide bonds. The topological polar surface area (TPSA) is 132 Å². The van der Waals surface area contributed by atoms with E-state index in [9.17, 15) is 9.59 Å². The summed E-state index contributed by atoms with van der Waals surface area (Å²) in [6.45, 7) is 0. The zero-order valence-corrected chi connectivity index (χ0v) is 21.5. The highest BCUT2D eigenvalue weighted by Crippen LogP contribution is 2.26. The molecule has 0 unspecified atom stereocenters.